The Morgan fingerprint density at radius 3 is 3.00 bits per heavy atom. The molecule has 1 fully saturated rings. The van der Waals surface area contributed by atoms with Crippen molar-refractivity contribution in [3.63, 3.8) is 0 Å². The van der Waals surface area contributed by atoms with Crippen LogP contribution in [-0.2, 0) is 16.0 Å². The Balaban J connectivity index is 2.32. The second-order valence-electron chi connectivity index (χ2n) is 4.99. The molecule has 1 aromatic rings. The zero-order valence-electron chi connectivity index (χ0n) is 12.6. The van der Waals surface area contributed by atoms with Crippen molar-refractivity contribution in [1.29, 1.82) is 0 Å². The Kier molecular flexibility index (Phi) is 5.32. The molecule has 1 aliphatic rings. The molecule has 1 aliphatic heterocycles. The molecular weight excluding hydrogens is 270 g/mol. The first-order valence-corrected chi connectivity index (χ1v) is 7.41. The van der Waals surface area contributed by atoms with Gasteiger partial charge in [0, 0.05) is 25.6 Å². The van der Waals surface area contributed by atoms with E-state index in [2.05, 4.69) is 22.2 Å². The number of carbonyl (C=O) groups excluding carboxylic acids is 1. The lowest BCUT2D eigenvalue weighted by Gasteiger charge is -2.34. The Morgan fingerprint density at radius 1 is 1.52 bits per heavy atom. The highest BCUT2D eigenvalue weighted by molar-refractivity contribution is 5.83. The van der Waals surface area contributed by atoms with Crippen molar-refractivity contribution in [2.45, 2.75) is 32.7 Å². The molecule has 7 nitrogen and oxygen atoms in total. The zero-order valence-corrected chi connectivity index (χ0v) is 12.6. The Bertz CT molecular complexity index is 470. The normalized spacial score (nSPS) is 18.6. The molecule has 1 saturated heterocycles. The molecular formula is C14H23N5O2. The van der Waals surface area contributed by atoms with Crippen molar-refractivity contribution in [3.05, 3.63) is 11.9 Å². The van der Waals surface area contributed by atoms with Crippen molar-refractivity contribution in [1.82, 2.24) is 9.97 Å². The van der Waals surface area contributed by atoms with E-state index < -0.39 is 11.9 Å². The maximum absolute atomic E-state index is 11.6. The number of amides is 1. The van der Waals surface area contributed by atoms with E-state index >= 15 is 0 Å². The van der Waals surface area contributed by atoms with E-state index in [9.17, 15) is 4.79 Å². The number of nitrogens with one attached hydrogen (secondary N) is 1. The second-order valence-corrected chi connectivity index (χ2v) is 4.99. The van der Waals surface area contributed by atoms with Crippen LogP contribution in [0, 0.1) is 0 Å². The first-order valence-electron chi connectivity index (χ1n) is 7.41. The lowest BCUT2D eigenvalue weighted by Crippen LogP contribution is -2.53. The third-order valence-corrected chi connectivity index (χ3v) is 3.34. The van der Waals surface area contributed by atoms with Gasteiger partial charge in [0.1, 0.15) is 23.5 Å². The molecule has 1 amide bonds. The van der Waals surface area contributed by atoms with Gasteiger partial charge in [-0.1, -0.05) is 6.92 Å². The van der Waals surface area contributed by atoms with Gasteiger partial charge in [-0.05, 0) is 13.3 Å². The minimum Gasteiger partial charge on any atom is -0.377 e. The predicted octanol–water partition coefficient (Wildman–Crippen LogP) is 0.551. The fraction of sp³-hybridized carbons (Fsp3) is 0.643. The Labute approximate surface area is 124 Å². The highest BCUT2D eigenvalue weighted by atomic mass is 16.5. The second kappa shape index (κ2) is 7.21. The predicted molar refractivity (Wildman–Crippen MR) is 81.3 cm³/mol. The summed E-state index contributed by atoms with van der Waals surface area (Å²) in [6, 6.07) is 1.39. The number of rotatable bonds is 6. The largest absolute Gasteiger partial charge is 0.377 e. The van der Waals surface area contributed by atoms with Crippen LogP contribution in [0.5, 0.6) is 0 Å². The number of primary amides is 1. The molecule has 0 bridgehead atoms. The van der Waals surface area contributed by atoms with Crippen LogP contribution in [0.4, 0.5) is 11.6 Å². The molecule has 0 aromatic carbocycles. The van der Waals surface area contributed by atoms with E-state index in [1.807, 2.05) is 17.9 Å². The van der Waals surface area contributed by atoms with Crippen molar-refractivity contribution in [2.24, 2.45) is 5.73 Å². The quantitative estimate of drug-likeness (QED) is 0.795. The molecule has 0 spiro atoms. The number of hydrogen-bond donors (Lipinski definition) is 2. The van der Waals surface area contributed by atoms with Crippen molar-refractivity contribution < 1.29 is 9.53 Å². The van der Waals surface area contributed by atoms with Crippen LogP contribution in [-0.4, -0.2) is 48.2 Å². The minimum atomic E-state index is -0.474. The van der Waals surface area contributed by atoms with Crippen LogP contribution in [0.3, 0.4) is 0 Å². The number of aromatic nitrogens is 2. The summed E-state index contributed by atoms with van der Waals surface area (Å²) in [4.78, 5) is 22.6. The number of carbonyl (C=O) groups is 1. The summed E-state index contributed by atoms with van der Waals surface area (Å²) in [6.07, 6.45) is 1.77. The number of hydrogen-bond acceptors (Lipinski definition) is 6. The zero-order chi connectivity index (χ0) is 15.2. The van der Waals surface area contributed by atoms with E-state index in [1.165, 1.54) is 0 Å². The van der Waals surface area contributed by atoms with Crippen LogP contribution in [0.25, 0.3) is 0 Å². The molecule has 0 saturated carbocycles. The number of anilines is 2. The van der Waals surface area contributed by atoms with E-state index in [1.54, 1.807) is 0 Å². The molecule has 1 unspecified atom stereocenters. The molecule has 0 radical (unpaired) electrons. The summed E-state index contributed by atoms with van der Waals surface area (Å²) in [5.41, 5.74) is 5.47. The molecule has 2 heterocycles. The first-order chi connectivity index (χ1) is 10.2. The summed E-state index contributed by atoms with van der Waals surface area (Å²) in [6.45, 7) is 6.35. The summed E-state index contributed by atoms with van der Waals surface area (Å²) in [7, 11) is 0. The number of aryl methyl sites for hydroxylation is 1. The summed E-state index contributed by atoms with van der Waals surface area (Å²) in [5.74, 6) is 1.90. The topological polar surface area (TPSA) is 93.4 Å². The van der Waals surface area contributed by atoms with E-state index in [0.717, 1.165) is 36.8 Å². The van der Waals surface area contributed by atoms with Crippen LogP contribution in [0.1, 0.15) is 26.1 Å². The van der Waals surface area contributed by atoms with Gasteiger partial charge in [0.2, 0.25) is 5.91 Å². The maximum Gasteiger partial charge on any atom is 0.242 e. The number of nitrogens with two attached hydrogens (primary N) is 1. The third-order valence-electron chi connectivity index (χ3n) is 3.34. The van der Waals surface area contributed by atoms with Crippen LogP contribution < -0.4 is 16.0 Å². The van der Waals surface area contributed by atoms with E-state index in [-0.39, 0.29) is 0 Å². The van der Waals surface area contributed by atoms with Gasteiger partial charge in [-0.2, -0.15) is 0 Å². The standard InChI is InChI=1S/C14H23N5O2/c1-3-5-11-17-12(16-4-2)8-13(18-11)19-6-7-21-9-10(19)14(15)20/h8,10H,3-7,9H2,1-2H3,(H2,15,20)(H,16,17,18). The van der Waals surface area contributed by atoms with Crippen LogP contribution in [0.2, 0.25) is 0 Å². The van der Waals surface area contributed by atoms with Gasteiger partial charge in [0.05, 0.1) is 13.2 Å². The van der Waals surface area contributed by atoms with Gasteiger partial charge in [-0.15, -0.1) is 0 Å². The number of morpholine rings is 1. The molecule has 1 aromatic heterocycles. The minimum absolute atomic E-state index is 0.305. The van der Waals surface area contributed by atoms with Crippen molar-refractivity contribution in [3.8, 4) is 0 Å². The van der Waals surface area contributed by atoms with E-state index in [0.29, 0.717) is 19.8 Å². The van der Waals surface area contributed by atoms with Gasteiger partial charge in [-0.25, -0.2) is 9.97 Å². The average molecular weight is 293 g/mol. The third kappa shape index (κ3) is 3.81. The van der Waals surface area contributed by atoms with Gasteiger partial charge in [-0.3, -0.25) is 4.79 Å². The first kappa shape index (κ1) is 15.5. The Morgan fingerprint density at radius 2 is 2.33 bits per heavy atom. The summed E-state index contributed by atoms with van der Waals surface area (Å²) in [5, 5.41) is 3.20. The smallest absolute Gasteiger partial charge is 0.242 e. The molecule has 1 atom stereocenters. The fourth-order valence-corrected chi connectivity index (χ4v) is 2.35. The lowest BCUT2D eigenvalue weighted by molar-refractivity contribution is -0.121. The highest BCUT2D eigenvalue weighted by Crippen LogP contribution is 2.21. The monoisotopic (exact) mass is 293 g/mol. The Hall–Kier alpha value is -1.89. The van der Waals surface area contributed by atoms with Gasteiger partial charge in [0.25, 0.3) is 0 Å². The van der Waals surface area contributed by atoms with Gasteiger partial charge in [0.15, 0.2) is 0 Å². The van der Waals surface area contributed by atoms with Gasteiger partial charge < -0.3 is 20.7 Å². The molecule has 21 heavy (non-hydrogen) atoms. The van der Waals surface area contributed by atoms with Crippen LogP contribution >= 0.6 is 0 Å². The molecule has 0 aliphatic carbocycles. The van der Waals surface area contributed by atoms with E-state index in [4.69, 9.17) is 10.5 Å². The fourth-order valence-electron chi connectivity index (χ4n) is 2.35. The average Bonchev–Trinajstić information content (AvgIpc) is 2.47. The molecule has 2 rings (SSSR count). The number of ether oxygens (including phenoxy) is 1. The lowest BCUT2D eigenvalue weighted by atomic mass is 10.2. The number of nitrogens with zero attached hydrogens (tertiary/aromatic N) is 3. The highest BCUT2D eigenvalue weighted by Gasteiger charge is 2.29. The SMILES string of the molecule is CCCc1nc(NCC)cc(N2CCOCC2C(N)=O)n1. The van der Waals surface area contributed by atoms with Crippen molar-refractivity contribution >= 4 is 17.5 Å². The van der Waals surface area contributed by atoms with Crippen LogP contribution in [0.15, 0.2) is 6.07 Å². The molecule has 116 valence electrons. The summed E-state index contributed by atoms with van der Waals surface area (Å²) >= 11 is 0. The van der Waals surface area contributed by atoms with Gasteiger partial charge >= 0.3 is 0 Å². The maximum atomic E-state index is 11.6. The molecule has 3 N–H and O–H groups in total. The summed E-state index contributed by atoms with van der Waals surface area (Å²) < 4.78 is 5.35. The van der Waals surface area contributed by atoms with Crippen molar-refractivity contribution in [2.75, 3.05) is 36.5 Å². The molecule has 7 heteroatoms.